The van der Waals surface area contributed by atoms with Crippen LogP contribution in [-0.2, 0) is 11.3 Å². The Hall–Kier alpha value is -1.99. The van der Waals surface area contributed by atoms with E-state index in [1.165, 1.54) is 0 Å². The predicted molar refractivity (Wildman–Crippen MR) is 91.6 cm³/mol. The van der Waals surface area contributed by atoms with E-state index < -0.39 is 5.91 Å². The molecule has 0 aliphatic carbocycles. The fourth-order valence-electron chi connectivity index (χ4n) is 2.86. The van der Waals surface area contributed by atoms with E-state index in [2.05, 4.69) is 24.1 Å². The maximum absolute atomic E-state index is 11.0. The SMILES string of the molecule is COc1cc(CN2CC(C)NCC2C)cc(OC)c1OCC(N)=O. The number of rotatable bonds is 7. The van der Waals surface area contributed by atoms with Gasteiger partial charge in [0.05, 0.1) is 14.2 Å². The van der Waals surface area contributed by atoms with Gasteiger partial charge >= 0.3 is 0 Å². The molecule has 1 aromatic carbocycles. The third kappa shape index (κ3) is 4.52. The quantitative estimate of drug-likeness (QED) is 0.764. The average Bonchev–Trinajstić information content (AvgIpc) is 2.55. The second kappa shape index (κ2) is 8.21. The minimum Gasteiger partial charge on any atom is -0.493 e. The summed E-state index contributed by atoms with van der Waals surface area (Å²) in [6, 6.07) is 4.74. The Bertz CT molecular complexity index is 554. The van der Waals surface area contributed by atoms with Crippen molar-refractivity contribution in [2.24, 2.45) is 5.73 Å². The highest BCUT2D eigenvalue weighted by atomic mass is 16.5. The van der Waals surface area contributed by atoms with E-state index in [1.807, 2.05) is 12.1 Å². The molecule has 2 rings (SSSR count). The van der Waals surface area contributed by atoms with Gasteiger partial charge in [0.1, 0.15) is 0 Å². The van der Waals surface area contributed by atoms with E-state index in [9.17, 15) is 4.79 Å². The van der Waals surface area contributed by atoms with Crippen LogP contribution in [0.2, 0.25) is 0 Å². The largest absolute Gasteiger partial charge is 0.493 e. The van der Waals surface area contributed by atoms with Crippen LogP contribution in [0.3, 0.4) is 0 Å². The number of nitrogens with one attached hydrogen (secondary N) is 1. The highest BCUT2D eigenvalue weighted by molar-refractivity contribution is 5.75. The molecule has 134 valence electrons. The van der Waals surface area contributed by atoms with Crippen LogP contribution in [0, 0.1) is 0 Å². The molecule has 1 aliphatic heterocycles. The van der Waals surface area contributed by atoms with Gasteiger partial charge in [-0.05, 0) is 31.5 Å². The summed E-state index contributed by atoms with van der Waals surface area (Å²) < 4.78 is 16.3. The molecule has 1 aliphatic rings. The monoisotopic (exact) mass is 337 g/mol. The smallest absolute Gasteiger partial charge is 0.255 e. The van der Waals surface area contributed by atoms with E-state index in [1.54, 1.807) is 14.2 Å². The number of nitrogens with zero attached hydrogens (tertiary/aromatic N) is 1. The van der Waals surface area contributed by atoms with Crippen molar-refractivity contribution in [3.05, 3.63) is 17.7 Å². The van der Waals surface area contributed by atoms with Crippen molar-refractivity contribution in [1.29, 1.82) is 0 Å². The summed E-state index contributed by atoms with van der Waals surface area (Å²) in [5, 5.41) is 3.47. The molecule has 3 N–H and O–H groups in total. The number of primary amides is 1. The first-order chi connectivity index (χ1) is 11.4. The number of hydrogen-bond donors (Lipinski definition) is 2. The van der Waals surface area contributed by atoms with Crippen molar-refractivity contribution in [2.45, 2.75) is 32.5 Å². The van der Waals surface area contributed by atoms with Crippen molar-refractivity contribution in [2.75, 3.05) is 33.9 Å². The molecule has 2 atom stereocenters. The van der Waals surface area contributed by atoms with Crippen LogP contribution in [0.4, 0.5) is 0 Å². The second-order valence-corrected chi connectivity index (χ2v) is 6.17. The molecule has 1 fully saturated rings. The van der Waals surface area contributed by atoms with Gasteiger partial charge in [0.2, 0.25) is 5.75 Å². The molecule has 24 heavy (non-hydrogen) atoms. The van der Waals surface area contributed by atoms with Gasteiger partial charge in [-0.1, -0.05) is 0 Å². The summed E-state index contributed by atoms with van der Waals surface area (Å²) in [7, 11) is 3.12. The zero-order valence-electron chi connectivity index (χ0n) is 14.8. The van der Waals surface area contributed by atoms with E-state index in [4.69, 9.17) is 19.9 Å². The zero-order valence-corrected chi connectivity index (χ0v) is 14.8. The lowest BCUT2D eigenvalue weighted by atomic mass is 10.1. The van der Waals surface area contributed by atoms with Crippen molar-refractivity contribution >= 4 is 5.91 Å². The Morgan fingerprint density at radius 1 is 1.29 bits per heavy atom. The Morgan fingerprint density at radius 2 is 1.92 bits per heavy atom. The van der Waals surface area contributed by atoms with Gasteiger partial charge in [-0.2, -0.15) is 0 Å². The third-order valence-electron chi connectivity index (χ3n) is 4.16. The first-order valence-corrected chi connectivity index (χ1v) is 8.08. The van der Waals surface area contributed by atoms with Crippen molar-refractivity contribution in [3.63, 3.8) is 0 Å². The molecular weight excluding hydrogens is 310 g/mol. The van der Waals surface area contributed by atoms with Crippen LogP contribution in [0.15, 0.2) is 12.1 Å². The molecule has 0 aromatic heterocycles. The van der Waals surface area contributed by atoms with Gasteiger partial charge in [-0.25, -0.2) is 0 Å². The van der Waals surface area contributed by atoms with Crippen molar-refractivity contribution < 1.29 is 19.0 Å². The summed E-state index contributed by atoms with van der Waals surface area (Å²) in [5.41, 5.74) is 6.21. The fraction of sp³-hybridized carbons (Fsp3) is 0.588. The number of piperazine rings is 1. The maximum atomic E-state index is 11.0. The van der Waals surface area contributed by atoms with Gasteiger partial charge < -0.3 is 25.3 Å². The lowest BCUT2D eigenvalue weighted by molar-refractivity contribution is -0.119. The number of methoxy groups -OCH3 is 2. The first-order valence-electron chi connectivity index (χ1n) is 8.08. The van der Waals surface area contributed by atoms with Crippen molar-refractivity contribution in [3.8, 4) is 17.2 Å². The molecule has 0 spiro atoms. The summed E-state index contributed by atoms with van der Waals surface area (Å²) in [5.74, 6) is 0.902. The minimum absolute atomic E-state index is 0.224. The Balaban J connectivity index is 2.23. The molecule has 1 amide bonds. The second-order valence-electron chi connectivity index (χ2n) is 6.17. The van der Waals surface area contributed by atoms with Crippen LogP contribution in [0.5, 0.6) is 17.2 Å². The van der Waals surface area contributed by atoms with Crippen LogP contribution < -0.4 is 25.3 Å². The van der Waals surface area contributed by atoms with Crippen LogP contribution in [-0.4, -0.2) is 56.8 Å². The molecule has 7 nitrogen and oxygen atoms in total. The molecule has 0 bridgehead atoms. The summed E-state index contributed by atoms with van der Waals surface area (Å²) in [6.07, 6.45) is 0. The number of carbonyl (C=O) groups is 1. The first kappa shape index (κ1) is 18.4. The van der Waals surface area contributed by atoms with Gasteiger partial charge in [-0.3, -0.25) is 9.69 Å². The van der Waals surface area contributed by atoms with Crippen molar-refractivity contribution in [1.82, 2.24) is 10.2 Å². The predicted octanol–water partition coefficient (Wildman–Crippen LogP) is 0.750. The summed E-state index contributed by atoms with van der Waals surface area (Å²) >= 11 is 0. The van der Waals surface area contributed by atoms with E-state index >= 15 is 0 Å². The molecule has 1 heterocycles. The number of hydrogen-bond acceptors (Lipinski definition) is 6. The fourth-order valence-corrected chi connectivity index (χ4v) is 2.86. The molecule has 0 radical (unpaired) electrons. The molecule has 1 aromatic rings. The Morgan fingerprint density at radius 3 is 2.46 bits per heavy atom. The molecule has 0 saturated carbocycles. The molecular formula is C17H27N3O4. The highest BCUT2D eigenvalue weighted by Crippen LogP contribution is 2.39. The van der Waals surface area contributed by atoms with E-state index in [0.29, 0.717) is 29.3 Å². The minimum atomic E-state index is -0.549. The third-order valence-corrected chi connectivity index (χ3v) is 4.16. The number of benzene rings is 1. The van der Waals surface area contributed by atoms with Gasteiger partial charge in [-0.15, -0.1) is 0 Å². The molecule has 1 saturated heterocycles. The number of nitrogens with two attached hydrogens (primary N) is 1. The van der Waals surface area contributed by atoms with E-state index in [-0.39, 0.29) is 6.61 Å². The summed E-state index contributed by atoms with van der Waals surface area (Å²) in [6.45, 7) is 6.90. The molecule has 2 unspecified atom stereocenters. The molecule has 7 heteroatoms. The normalized spacial score (nSPS) is 21.3. The number of carbonyl (C=O) groups excluding carboxylic acids is 1. The lowest BCUT2D eigenvalue weighted by Gasteiger charge is -2.37. The van der Waals surface area contributed by atoms with Gasteiger partial charge in [0.25, 0.3) is 5.91 Å². The topological polar surface area (TPSA) is 86.1 Å². The number of ether oxygens (including phenoxy) is 3. The van der Waals surface area contributed by atoms with Crippen LogP contribution in [0.25, 0.3) is 0 Å². The average molecular weight is 337 g/mol. The van der Waals surface area contributed by atoms with Gasteiger partial charge in [0, 0.05) is 31.7 Å². The number of amides is 1. The maximum Gasteiger partial charge on any atom is 0.255 e. The van der Waals surface area contributed by atoms with Gasteiger partial charge in [0.15, 0.2) is 18.1 Å². The standard InChI is InChI=1S/C17H27N3O4/c1-11-8-20(12(2)7-19-11)9-13-5-14(22-3)17(15(6-13)23-4)24-10-16(18)21/h5-6,11-12,19H,7-10H2,1-4H3,(H2,18,21). The lowest BCUT2D eigenvalue weighted by Crippen LogP contribution is -2.53. The Kier molecular flexibility index (Phi) is 6.28. The summed E-state index contributed by atoms with van der Waals surface area (Å²) in [4.78, 5) is 13.4. The van der Waals surface area contributed by atoms with Crippen LogP contribution in [0.1, 0.15) is 19.4 Å². The zero-order chi connectivity index (χ0) is 17.7. The Labute approximate surface area is 143 Å². The highest BCUT2D eigenvalue weighted by Gasteiger charge is 2.23. The van der Waals surface area contributed by atoms with Crippen LogP contribution >= 0.6 is 0 Å². The van der Waals surface area contributed by atoms with E-state index in [0.717, 1.165) is 25.2 Å².